The molecule has 1 heterocycles. The lowest BCUT2D eigenvalue weighted by molar-refractivity contribution is -0.137. The fourth-order valence-corrected chi connectivity index (χ4v) is 2.91. The van der Waals surface area contributed by atoms with Gasteiger partial charge < -0.3 is 5.32 Å². The Bertz CT molecular complexity index is 477. The molecule has 0 spiro atoms. The molecule has 0 aromatic heterocycles. The summed E-state index contributed by atoms with van der Waals surface area (Å²) in [5.41, 5.74) is -0.534. The number of nitrogens with one attached hydrogen (secondary N) is 1. The van der Waals surface area contributed by atoms with Crippen LogP contribution in [0.4, 0.5) is 17.6 Å². The van der Waals surface area contributed by atoms with Gasteiger partial charge in [0.1, 0.15) is 5.82 Å². The summed E-state index contributed by atoms with van der Waals surface area (Å²) in [6.07, 6.45) is -2.37. The normalized spacial score (nSPS) is 19.8. The highest BCUT2D eigenvalue weighted by atomic mass is 35.5. The highest BCUT2D eigenvalue weighted by Crippen LogP contribution is 2.31. The third-order valence-electron chi connectivity index (χ3n) is 3.79. The SMILES string of the molecule is CNCC1CCCN(Cc2cc(F)cc(C(F)(F)F)c2)C1.Cl. The molecule has 2 rings (SSSR count). The maximum Gasteiger partial charge on any atom is 0.416 e. The van der Waals surface area contributed by atoms with Crippen molar-refractivity contribution in [3.05, 3.63) is 35.1 Å². The molecule has 0 bridgehead atoms. The van der Waals surface area contributed by atoms with Crippen LogP contribution in [0.15, 0.2) is 18.2 Å². The third kappa shape index (κ3) is 5.41. The Morgan fingerprint density at radius 3 is 2.64 bits per heavy atom. The number of benzene rings is 1. The van der Waals surface area contributed by atoms with Crippen LogP contribution in [0.2, 0.25) is 0 Å². The predicted octanol–water partition coefficient (Wildman–Crippen LogP) is 3.70. The monoisotopic (exact) mass is 340 g/mol. The van der Waals surface area contributed by atoms with Crippen molar-refractivity contribution in [3.8, 4) is 0 Å². The van der Waals surface area contributed by atoms with Gasteiger partial charge in [0.25, 0.3) is 0 Å². The molecule has 0 radical (unpaired) electrons. The van der Waals surface area contributed by atoms with E-state index in [4.69, 9.17) is 0 Å². The van der Waals surface area contributed by atoms with E-state index in [-0.39, 0.29) is 12.4 Å². The highest BCUT2D eigenvalue weighted by molar-refractivity contribution is 5.85. The number of hydrogen-bond donors (Lipinski definition) is 1. The van der Waals surface area contributed by atoms with Crippen LogP contribution in [-0.4, -0.2) is 31.6 Å². The van der Waals surface area contributed by atoms with E-state index in [1.807, 2.05) is 7.05 Å². The minimum absolute atomic E-state index is 0. The number of rotatable bonds is 4. The lowest BCUT2D eigenvalue weighted by atomic mass is 9.97. The molecule has 1 aromatic rings. The van der Waals surface area contributed by atoms with Crippen LogP contribution in [0.1, 0.15) is 24.0 Å². The Morgan fingerprint density at radius 1 is 1.27 bits per heavy atom. The average molecular weight is 341 g/mol. The largest absolute Gasteiger partial charge is 0.416 e. The minimum Gasteiger partial charge on any atom is -0.319 e. The van der Waals surface area contributed by atoms with E-state index in [9.17, 15) is 17.6 Å². The van der Waals surface area contributed by atoms with Gasteiger partial charge in [-0.3, -0.25) is 4.90 Å². The molecule has 2 nitrogen and oxygen atoms in total. The summed E-state index contributed by atoms with van der Waals surface area (Å²) in [4.78, 5) is 2.10. The summed E-state index contributed by atoms with van der Waals surface area (Å²) < 4.78 is 51.5. The van der Waals surface area contributed by atoms with Gasteiger partial charge in [0, 0.05) is 13.1 Å². The summed E-state index contributed by atoms with van der Waals surface area (Å²) in [7, 11) is 1.89. The first-order valence-electron chi connectivity index (χ1n) is 7.12. The van der Waals surface area contributed by atoms with Gasteiger partial charge in [-0.1, -0.05) is 0 Å². The van der Waals surface area contributed by atoms with E-state index >= 15 is 0 Å². The van der Waals surface area contributed by atoms with Crippen LogP contribution in [0, 0.1) is 11.7 Å². The van der Waals surface area contributed by atoms with Crippen molar-refractivity contribution in [1.82, 2.24) is 10.2 Å². The summed E-state index contributed by atoms with van der Waals surface area (Å²) in [5, 5.41) is 3.12. The van der Waals surface area contributed by atoms with Gasteiger partial charge in [0.05, 0.1) is 5.56 Å². The topological polar surface area (TPSA) is 15.3 Å². The second kappa shape index (κ2) is 8.13. The Labute approximate surface area is 134 Å². The minimum atomic E-state index is -4.51. The van der Waals surface area contributed by atoms with Crippen LogP contribution >= 0.6 is 12.4 Å². The summed E-state index contributed by atoms with van der Waals surface area (Å²) in [6, 6.07) is 2.78. The molecule has 1 aromatic carbocycles. The second-order valence-electron chi connectivity index (χ2n) is 5.65. The standard InChI is InChI=1S/C15H20F4N2.ClH/c1-20-8-11-3-2-4-21(9-11)10-12-5-13(15(17,18)19)7-14(16)6-12;/h5-7,11,20H,2-4,8-10H2,1H3;1H. The number of piperidine rings is 1. The molecule has 7 heteroatoms. The highest BCUT2D eigenvalue weighted by Gasteiger charge is 2.31. The summed E-state index contributed by atoms with van der Waals surface area (Å²) >= 11 is 0. The lowest BCUT2D eigenvalue weighted by Gasteiger charge is -2.32. The maximum atomic E-state index is 13.4. The zero-order valence-electron chi connectivity index (χ0n) is 12.4. The molecule has 1 N–H and O–H groups in total. The first-order chi connectivity index (χ1) is 9.88. The van der Waals surface area contributed by atoms with Gasteiger partial charge in [-0.05, 0) is 62.7 Å². The van der Waals surface area contributed by atoms with Crippen LogP contribution in [0.3, 0.4) is 0 Å². The van der Waals surface area contributed by atoms with Crippen molar-refractivity contribution in [1.29, 1.82) is 0 Å². The number of nitrogens with zero attached hydrogens (tertiary/aromatic N) is 1. The van der Waals surface area contributed by atoms with Crippen molar-refractivity contribution in [3.63, 3.8) is 0 Å². The molecule has 0 saturated carbocycles. The van der Waals surface area contributed by atoms with E-state index in [0.717, 1.165) is 38.5 Å². The van der Waals surface area contributed by atoms with E-state index in [2.05, 4.69) is 10.2 Å². The smallest absolute Gasteiger partial charge is 0.319 e. The van der Waals surface area contributed by atoms with Crippen LogP contribution in [0.5, 0.6) is 0 Å². The Kier molecular flexibility index (Phi) is 7.09. The van der Waals surface area contributed by atoms with Crippen molar-refractivity contribution in [2.24, 2.45) is 5.92 Å². The average Bonchev–Trinajstić information content (AvgIpc) is 2.38. The number of hydrogen-bond acceptors (Lipinski definition) is 2. The fraction of sp³-hybridized carbons (Fsp3) is 0.600. The van der Waals surface area contributed by atoms with E-state index in [0.29, 0.717) is 24.1 Å². The van der Waals surface area contributed by atoms with Crippen molar-refractivity contribution >= 4 is 12.4 Å². The van der Waals surface area contributed by atoms with Gasteiger partial charge in [-0.2, -0.15) is 13.2 Å². The van der Waals surface area contributed by atoms with Gasteiger partial charge in [-0.15, -0.1) is 12.4 Å². The first-order valence-corrected chi connectivity index (χ1v) is 7.12. The van der Waals surface area contributed by atoms with Crippen LogP contribution < -0.4 is 5.32 Å². The first kappa shape index (κ1) is 19.2. The molecular weight excluding hydrogens is 320 g/mol. The number of likely N-dealkylation sites (tertiary alicyclic amines) is 1. The Balaban J connectivity index is 0.00000242. The maximum absolute atomic E-state index is 13.4. The molecule has 1 saturated heterocycles. The van der Waals surface area contributed by atoms with Crippen LogP contribution in [-0.2, 0) is 12.7 Å². The zero-order valence-corrected chi connectivity index (χ0v) is 13.2. The molecule has 0 amide bonds. The molecule has 1 unspecified atom stereocenters. The molecule has 1 fully saturated rings. The zero-order chi connectivity index (χ0) is 15.5. The van der Waals surface area contributed by atoms with Crippen LogP contribution in [0.25, 0.3) is 0 Å². The quantitative estimate of drug-likeness (QED) is 0.841. The van der Waals surface area contributed by atoms with Gasteiger partial charge in [-0.25, -0.2) is 4.39 Å². The molecular formula is C15H21ClF4N2. The fourth-order valence-electron chi connectivity index (χ4n) is 2.91. The Morgan fingerprint density at radius 2 is 2.00 bits per heavy atom. The predicted molar refractivity (Wildman–Crippen MR) is 80.6 cm³/mol. The molecule has 126 valence electrons. The van der Waals surface area contributed by atoms with E-state index < -0.39 is 17.6 Å². The number of alkyl halides is 3. The van der Waals surface area contributed by atoms with Gasteiger partial charge in [0.15, 0.2) is 0 Å². The van der Waals surface area contributed by atoms with Crippen molar-refractivity contribution in [2.45, 2.75) is 25.6 Å². The molecule has 1 atom stereocenters. The summed E-state index contributed by atoms with van der Waals surface area (Å²) in [5.74, 6) is -0.331. The molecule has 0 aliphatic carbocycles. The summed E-state index contributed by atoms with van der Waals surface area (Å²) in [6.45, 7) is 2.94. The number of halogens is 5. The Hall–Kier alpha value is -0.850. The van der Waals surface area contributed by atoms with Gasteiger partial charge >= 0.3 is 6.18 Å². The molecule has 1 aliphatic rings. The lowest BCUT2D eigenvalue weighted by Crippen LogP contribution is -2.38. The molecule has 22 heavy (non-hydrogen) atoms. The van der Waals surface area contributed by atoms with Gasteiger partial charge in [0.2, 0.25) is 0 Å². The molecule has 1 aliphatic heterocycles. The van der Waals surface area contributed by atoms with Crippen molar-refractivity contribution < 1.29 is 17.6 Å². The van der Waals surface area contributed by atoms with Crippen molar-refractivity contribution in [2.75, 3.05) is 26.7 Å². The third-order valence-corrected chi connectivity index (χ3v) is 3.79. The second-order valence-corrected chi connectivity index (χ2v) is 5.65. The van der Waals surface area contributed by atoms with E-state index in [1.54, 1.807) is 0 Å². The van der Waals surface area contributed by atoms with E-state index in [1.165, 1.54) is 6.07 Å².